The molecule has 2 amide bonds. The fourth-order valence-corrected chi connectivity index (χ4v) is 2.15. The summed E-state index contributed by atoms with van der Waals surface area (Å²) in [7, 11) is 0. The van der Waals surface area contributed by atoms with Crippen molar-refractivity contribution in [3.05, 3.63) is 35.4 Å². The lowest BCUT2D eigenvalue weighted by Gasteiger charge is -2.19. The number of hydrogen-bond donors (Lipinski definition) is 2. The fraction of sp³-hybridized carbons (Fsp3) is 0.556. The quantitative estimate of drug-likeness (QED) is 0.744. The van der Waals surface area contributed by atoms with E-state index in [0.717, 1.165) is 12.1 Å². The summed E-state index contributed by atoms with van der Waals surface area (Å²) in [6.07, 6.45) is -4.80. The summed E-state index contributed by atoms with van der Waals surface area (Å²) in [6.45, 7) is 7.46. The molecule has 0 radical (unpaired) electrons. The number of alkyl carbamates (subject to hydrolysis) is 1. The van der Waals surface area contributed by atoms with Crippen LogP contribution in [0.25, 0.3) is 0 Å². The van der Waals surface area contributed by atoms with Gasteiger partial charge in [0, 0.05) is 19.5 Å². The molecule has 0 saturated heterocycles. The van der Waals surface area contributed by atoms with Gasteiger partial charge in [-0.2, -0.15) is 13.2 Å². The maximum Gasteiger partial charge on any atom is 0.416 e. The molecule has 0 bridgehead atoms. The maximum absolute atomic E-state index is 12.5. The van der Waals surface area contributed by atoms with E-state index in [2.05, 4.69) is 10.6 Å². The average Bonchev–Trinajstić information content (AvgIpc) is 2.49. The number of alkyl halides is 3. The molecular formula is C18H25F3N2O3. The predicted octanol–water partition coefficient (Wildman–Crippen LogP) is 3.84. The van der Waals surface area contributed by atoms with Gasteiger partial charge in [-0.25, -0.2) is 4.79 Å². The minimum absolute atomic E-state index is 0.137. The van der Waals surface area contributed by atoms with Crippen molar-refractivity contribution in [2.75, 3.05) is 13.1 Å². The van der Waals surface area contributed by atoms with E-state index in [4.69, 9.17) is 4.74 Å². The molecule has 1 aromatic carbocycles. The highest BCUT2D eigenvalue weighted by atomic mass is 19.4. The maximum atomic E-state index is 12.5. The number of amides is 2. The Kier molecular flexibility index (Phi) is 7.47. The summed E-state index contributed by atoms with van der Waals surface area (Å²) in [5.41, 5.74) is -0.657. The van der Waals surface area contributed by atoms with Crippen molar-refractivity contribution >= 4 is 12.0 Å². The van der Waals surface area contributed by atoms with Gasteiger partial charge in [0.2, 0.25) is 5.91 Å². The van der Waals surface area contributed by atoms with Crippen LogP contribution in [0.3, 0.4) is 0 Å². The van der Waals surface area contributed by atoms with E-state index in [1.54, 1.807) is 27.7 Å². The Morgan fingerprint density at radius 2 is 1.58 bits per heavy atom. The lowest BCUT2D eigenvalue weighted by molar-refractivity contribution is -0.137. The highest BCUT2D eigenvalue weighted by Gasteiger charge is 2.30. The minimum atomic E-state index is -4.37. The van der Waals surface area contributed by atoms with Gasteiger partial charge in [0.1, 0.15) is 5.60 Å². The SMILES string of the molecule is C[C@@H](CC(=O)NCCNC(=O)OC(C)(C)C)c1ccc(C(F)(F)F)cc1. The number of hydrogen-bond acceptors (Lipinski definition) is 3. The van der Waals surface area contributed by atoms with E-state index < -0.39 is 23.4 Å². The van der Waals surface area contributed by atoms with Crippen LogP contribution in [0.2, 0.25) is 0 Å². The van der Waals surface area contributed by atoms with Gasteiger partial charge in [0.15, 0.2) is 0 Å². The second-order valence-corrected chi connectivity index (χ2v) is 7.00. The van der Waals surface area contributed by atoms with Gasteiger partial charge in [0.05, 0.1) is 5.56 Å². The van der Waals surface area contributed by atoms with Crippen molar-refractivity contribution in [1.29, 1.82) is 0 Å². The highest BCUT2D eigenvalue weighted by Crippen LogP contribution is 2.30. The number of ether oxygens (including phenoxy) is 1. The third kappa shape index (κ3) is 8.22. The Morgan fingerprint density at radius 3 is 2.08 bits per heavy atom. The van der Waals surface area contributed by atoms with Crippen LogP contribution in [0.15, 0.2) is 24.3 Å². The van der Waals surface area contributed by atoms with E-state index in [9.17, 15) is 22.8 Å². The summed E-state index contributed by atoms with van der Waals surface area (Å²) in [4.78, 5) is 23.3. The molecule has 0 saturated carbocycles. The topological polar surface area (TPSA) is 67.4 Å². The van der Waals surface area contributed by atoms with Crippen molar-refractivity contribution in [3.63, 3.8) is 0 Å². The van der Waals surface area contributed by atoms with E-state index in [1.165, 1.54) is 12.1 Å². The molecule has 2 N–H and O–H groups in total. The van der Waals surface area contributed by atoms with E-state index in [-0.39, 0.29) is 31.3 Å². The molecule has 26 heavy (non-hydrogen) atoms. The van der Waals surface area contributed by atoms with Gasteiger partial charge in [-0.15, -0.1) is 0 Å². The fourth-order valence-electron chi connectivity index (χ4n) is 2.15. The lowest BCUT2D eigenvalue weighted by atomic mass is 9.96. The molecule has 146 valence electrons. The summed E-state index contributed by atoms with van der Waals surface area (Å²) < 4.78 is 42.7. The largest absolute Gasteiger partial charge is 0.444 e. The van der Waals surface area contributed by atoms with Gasteiger partial charge in [-0.05, 0) is 44.4 Å². The average molecular weight is 374 g/mol. The van der Waals surface area contributed by atoms with Crippen LogP contribution >= 0.6 is 0 Å². The zero-order chi connectivity index (χ0) is 20.0. The smallest absolute Gasteiger partial charge is 0.416 e. The van der Waals surface area contributed by atoms with Gasteiger partial charge in [0.25, 0.3) is 0 Å². The Hall–Kier alpha value is -2.25. The second kappa shape index (κ2) is 8.91. The first-order valence-corrected chi connectivity index (χ1v) is 8.29. The number of carbonyl (C=O) groups is 2. The van der Waals surface area contributed by atoms with Gasteiger partial charge in [-0.1, -0.05) is 19.1 Å². The first-order valence-electron chi connectivity index (χ1n) is 8.29. The second-order valence-electron chi connectivity index (χ2n) is 7.00. The summed E-state index contributed by atoms with van der Waals surface area (Å²) in [5.74, 6) is -0.473. The molecule has 0 aliphatic rings. The summed E-state index contributed by atoms with van der Waals surface area (Å²) in [6, 6.07) is 4.78. The minimum Gasteiger partial charge on any atom is -0.444 e. The molecule has 0 unspecified atom stereocenters. The molecular weight excluding hydrogens is 349 g/mol. The van der Waals surface area contributed by atoms with Crippen molar-refractivity contribution < 1.29 is 27.5 Å². The molecule has 0 aliphatic carbocycles. The van der Waals surface area contributed by atoms with E-state index in [0.29, 0.717) is 5.56 Å². The number of carbonyl (C=O) groups excluding carboxylic acids is 2. The molecule has 0 fully saturated rings. The van der Waals surface area contributed by atoms with Crippen LogP contribution in [0, 0.1) is 0 Å². The molecule has 0 spiro atoms. The molecule has 1 aromatic rings. The number of benzene rings is 1. The van der Waals surface area contributed by atoms with Crippen molar-refractivity contribution in [3.8, 4) is 0 Å². The van der Waals surface area contributed by atoms with E-state index in [1.807, 2.05) is 0 Å². The Morgan fingerprint density at radius 1 is 1.04 bits per heavy atom. The molecule has 1 rings (SSSR count). The molecule has 0 heterocycles. The first kappa shape index (κ1) is 21.8. The van der Waals surface area contributed by atoms with E-state index >= 15 is 0 Å². The van der Waals surface area contributed by atoms with Crippen LogP contribution in [0.4, 0.5) is 18.0 Å². The van der Waals surface area contributed by atoms with Gasteiger partial charge >= 0.3 is 12.3 Å². The third-order valence-corrected chi connectivity index (χ3v) is 3.41. The zero-order valence-corrected chi connectivity index (χ0v) is 15.4. The van der Waals surface area contributed by atoms with Crippen molar-refractivity contribution in [2.24, 2.45) is 0 Å². The number of rotatable bonds is 6. The summed E-state index contributed by atoms with van der Waals surface area (Å²) in [5, 5.41) is 5.17. The monoisotopic (exact) mass is 374 g/mol. The van der Waals surface area contributed by atoms with Gasteiger partial charge < -0.3 is 15.4 Å². The number of halogens is 3. The Balaban J connectivity index is 2.35. The molecule has 8 heteroatoms. The normalized spacial score (nSPS) is 13.0. The molecule has 0 aliphatic heterocycles. The first-order chi connectivity index (χ1) is 11.9. The zero-order valence-electron chi connectivity index (χ0n) is 15.4. The highest BCUT2D eigenvalue weighted by molar-refractivity contribution is 5.77. The van der Waals surface area contributed by atoms with Crippen LogP contribution in [0.5, 0.6) is 0 Å². The molecule has 5 nitrogen and oxygen atoms in total. The predicted molar refractivity (Wildman–Crippen MR) is 91.7 cm³/mol. The van der Waals surface area contributed by atoms with Crippen LogP contribution in [-0.4, -0.2) is 30.7 Å². The molecule has 1 atom stereocenters. The standard InChI is InChI=1S/C18H25F3N2O3/c1-12(13-5-7-14(8-6-13)18(19,20)21)11-15(24)22-9-10-23-16(25)26-17(2,3)4/h5-8,12H,9-11H2,1-4H3,(H,22,24)(H,23,25)/t12-/m0/s1. The van der Waals surface area contributed by atoms with Crippen LogP contribution < -0.4 is 10.6 Å². The van der Waals surface area contributed by atoms with Crippen LogP contribution in [-0.2, 0) is 15.7 Å². The lowest BCUT2D eigenvalue weighted by Crippen LogP contribution is -2.38. The van der Waals surface area contributed by atoms with Crippen molar-refractivity contribution in [1.82, 2.24) is 10.6 Å². The molecule has 0 aromatic heterocycles. The Bertz CT molecular complexity index is 608. The number of nitrogens with one attached hydrogen (secondary N) is 2. The Labute approximate surface area is 151 Å². The van der Waals surface area contributed by atoms with Crippen molar-refractivity contribution in [2.45, 2.75) is 51.8 Å². The third-order valence-electron chi connectivity index (χ3n) is 3.41. The summed E-state index contributed by atoms with van der Waals surface area (Å²) >= 11 is 0. The van der Waals surface area contributed by atoms with Gasteiger partial charge in [-0.3, -0.25) is 4.79 Å². The van der Waals surface area contributed by atoms with Crippen LogP contribution in [0.1, 0.15) is 51.2 Å².